The highest BCUT2D eigenvalue weighted by atomic mass is 16.4. The van der Waals surface area contributed by atoms with E-state index >= 15 is 0 Å². The van der Waals surface area contributed by atoms with Crippen LogP contribution in [0.4, 0.5) is 4.79 Å². The Hall–Kier alpha value is -2.05. The molecule has 18 heavy (non-hydrogen) atoms. The number of aryl methyl sites for hydroxylation is 1. The monoisotopic (exact) mass is 254 g/mol. The number of likely N-dealkylation sites (N-methyl/N-ethyl adjacent to an activating group) is 1. The maximum absolute atomic E-state index is 11.8. The van der Waals surface area contributed by atoms with Crippen LogP contribution in [0, 0.1) is 0 Å². The minimum Gasteiger partial charge on any atom is -0.480 e. The van der Waals surface area contributed by atoms with Crippen LogP contribution in [-0.2, 0) is 18.4 Å². The molecule has 0 bridgehead atoms. The van der Waals surface area contributed by atoms with Crippen LogP contribution < -0.4 is 5.32 Å². The van der Waals surface area contributed by atoms with E-state index in [4.69, 9.17) is 5.11 Å². The zero-order valence-corrected chi connectivity index (χ0v) is 11.0. The smallest absolute Gasteiger partial charge is 0.329 e. The molecule has 0 aromatic carbocycles. The van der Waals surface area contributed by atoms with Crippen LogP contribution in [0.2, 0.25) is 0 Å². The number of nitrogens with one attached hydrogen (secondary N) is 1. The molecule has 7 heteroatoms. The molecule has 1 aromatic rings. The van der Waals surface area contributed by atoms with Crippen molar-refractivity contribution >= 4 is 12.0 Å². The Morgan fingerprint density at radius 3 is 2.61 bits per heavy atom. The molecule has 0 aliphatic heterocycles. The first kappa shape index (κ1) is 14.0. The standard InChI is InChI=1S/C11H18N4O3/c1-11(2,9(16)17)15(4)10(18)12-5-8-6-13-14(3)7-8/h6-7H,5H2,1-4H3,(H,12,18)(H,16,17). The highest BCUT2D eigenvalue weighted by Gasteiger charge is 2.35. The number of amides is 2. The van der Waals surface area contributed by atoms with Crippen molar-refractivity contribution in [2.24, 2.45) is 7.05 Å². The van der Waals surface area contributed by atoms with Gasteiger partial charge in [0.2, 0.25) is 0 Å². The first-order chi connectivity index (χ1) is 8.25. The first-order valence-corrected chi connectivity index (χ1v) is 5.47. The van der Waals surface area contributed by atoms with Crippen molar-refractivity contribution < 1.29 is 14.7 Å². The fraction of sp³-hybridized carbons (Fsp3) is 0.545. The lowest BCUT2D eigenvalue weighted by atomic mass is 10.1. The van der Waals surface area contributed by atoms with Gasteiger partial charge in [0.15, 0.2) is 0 Å². The summed E-state index contributed by atoms with van der Waals surface area (Å²) >= 11 is 0. The average Bonchev–Trinajstić information content (AvgIpc) is 2.70. The van der Waals surface area contributed by atoms with Crippen molar-refractivity contribution in [2.75, 3.05) is 7.05 Å². The Balaban J connectivity index is 2.58. The van der Waals surface area contributed by atoms with Crippen molar-refractivity contribution in [1.82, 2.24) is 20.0 Å². The van der Waals surface area contributed by atoms with Crippen molar-refractivity contribution in [2.45, 2.75) is 25.9 Å². The normalized spacial score (nSPS) is 11.1. The minimum absolute atomic E-state index is 0.312. The topological polar surface area (TPSA) is 87.5 Å². The third-order valence-electron chi connectivity index (χ3n) is 2.87. The molecule has 0 atom stereocenters. The highest BCUT2D eigenvalue weighted by molar-refractivity contribution is 5.85. The molecule has 0 aliphatic rings. The van der Waals surface area contributed by atoms with Crippen LogP contribution in [0.1, 0.15) is 19.4 Å². The fourth-order valence-corrected chi connectivity index (χ4v) is 1.26. The van der Waals surface area contributed by atoms with Gasteiger partial charge in [0.05, 0.1) is 6.20 Å². The van der Waals surface area contributed by atoms with Gasteiger partial charge in [0.25, 0.3) is 0 Å². The second-order valence-electron chi connectivity index (χ2n) is 4.60. The number of carboxylic acids is 1. The lowest BCUT2D eigenvalue weighted by Gasteiger charge is -2.31. The van der Waals surface area contributed by atoms with Crippen molar-refractivity contribution in [1.29, 1.82) is 0 Å². The van der Waals surface area contributed by atoms with Crippen LogP contribution in [0.15, 0.2) is 12.4 Å². The van der Waals surface area contributed by atoms with E-state index in [9.17, 15) is 9.59 Å². The Morgan fingerprint density at radius 1 is 1.56 bits per heavy atom. The zero-order valence-electron chi connectivity index (χ0n) is 11.0. The number of hydrogen-bond donors (Lipinski definition) is 2. The molecule has 0 aliphatic carbocycles. The maximum atomic E-state index is 11.8. The largest absolute Gasteiger partial charge is 0.480 e. The summed E-state index contributed by atoms with van der Waals surface area (Å²) in [5.41, 5.74) is -0.397. The molecular weight excluding hydrogens is 236 g/mol. The highest BCUT2D eigenvalue weighted by Crippen LogP contribution is 2.12. The maximum Gasteiger partial charge on any atom is 0.329 e. The molecular formula is C11H18N4O3. The SMILES string of the molecule is CN(C(=O)NCc1cnn(C)c1)C(C)(C)C(=O)O. The van der Waals surface area contributed by atoms with Crippen molar-refractivity contribution in [3.05, 3.63) is 18.0 Å². The molecule has 0 radical (unpaired) electrons. The average molecular weight is 254 g/mol. The molecule has 2 N–H and O–H groups in total. The van der Waals surface area contributed by atoms with E-state index in [0.29, 0.717) is 6.54 Å². The predicted molar refractivity (Wildman–Crippen MR) is 64.9 cm³/mol. The van der Waals surface area contributed by atoms with E-state index in [0.717, 1.165) is 10.5 Å². The van der Waals surface area contributed by atoms with E-state index in [2.05, 4.69) is 10.4 Å². The molecule has 1 heterocycles. The van der Waals surface area contributed by atoms with E-state index in [1.165, 1.54) is 20.9 Å². The van der Waals surface area contributed by atoms with Gasteiger partial charge in [-0.25, -0.2) is 9.59 Å². The molecule has 0 saturated heterocycles. The molecule has 0 spiro atoms. The van der Waals surface area contributed by atoms with E-state index in [-0.39, 0.29) is 0 Å². The number of carbonyl (C=O) groups is 2. The summed E-state index contributed by atoms with van der Waals surface area (Å²) in [6.07, 6.45) is 3.42. The summed E-state index contributed by atoms with van der Waals surface area (Å²) in [7, 11) is 3.23. The van der Waals surface area contributed by atoms with Gasteiger partial charge < -0.3 is 15.3 Å². The van der Waals surface area contributed by atoms with Gasteiger partial charge in [-0.05, 0) is 13.8 Å². The van der Waals surface area contributed by atoms with E-state index in [1.807, 2.05) is 0 Å². The summed E-state index contributed by atoms with van der Waals surface area (Å²) < 4.78 is 1.63. The lowest BCUT2D eigenvalue weighted by molar-refractivity contribution is -0.146. The Bertz CT molecular complexity index is 453. The molecule has 2 amide bonds. The number of aromatic nitrogens is 2. The summed E-state index contributed by atoms with van der Waals surface area (Å²) in [6.45, 7) is 3.25. The predicted octanol–water partition coefficient (Wildman–Crippen LogP) is 0.425. The van der Waals surface area contributed by atoms with Crippen LogP contribution >= 0.6 is 0 Å². The van der Waals surface area contributed by atoms with Crippen molar-refractivity contribution in [3.63, 3.8) is 0 Å². The summed E-state index contributed by atoms with van der Waals surface area (Å²) in [4.78, 5) is 24.0. The second kappa shape index (κ2) is 5.07. The van der Waals surface area contributed by atoms with Crippen LogP contribution in [0.5, 0.6) is 0 Å². The van der Waals surface area contributed by atoms with Gasteiger partial charge >= 0.3 is 12.0 Å². The third kappa shape index (κ3) is 2.99. The Morgan fingerprint density at radius 2 is 2.17 bits per heavy atom. The van der Waals surface area contributed by atoms with Gasteiger partial charge in [0.1, 0.15) is 5.54 Å². The molecule has 0 saturated carbocycles. The van der Waals surface area contributed by atoms with Gasteiger partial charge in [-0.1, -0.05) is 0 Å². The Kier molecular flexibility index (Phi) is 3.95. The number of urea groups is 1. The lowest BCUT2D eigenvalue weighted by Crippen LogP contribution is -2.53. The fourth-order valence-electron chi connectivity index (χ4n) is 1.26. The summed E-state index contributed by atoms with van der Waals surface area (Å²) in [6, 6.07) is -0.439. The zero-order chi connectivity index (χ0) is 13.9. The second-order valence-corrected chi connectivity index (χ2v) is 4.60. The summed E-state index contributed by atoms with van der Waals surface area (Å²) in [5.74, 6) is -1.05. The molecule has 100 valence electrons. The number of nitrogens with zero attached hydrogens (tertiary/aromatic N) is 3. The van der Waals surface area contributed by atoms with Crippen LogP contribution in [-0.4, -0.2) is 44.4 Å². The molecule has 1 aromatic heterocycles. The molecule has 0 unspecified atom stereocenters. The molecule has 0 fully saturated rings. The third-order valence-corrected chi connectivity index (χ3v) is 2.87. The molecule has 1 rings (SSSR count). The number of aliphatic carboxylic acids is 1. The number of carboxylic acid groups (broad SMARTS) is 1. The summed E-state index contributed by atoms with van der Waals surface area (Å²) in [5, 5.41) is 15.6. The quantitative estimate of drug-likeness (QED) is 0.815. The van der Waals surface area contributed by atoms with Gasteiger partial charge in [0, 0.05) is 32.4 Å². The van der Waals surface area contributed by atoms with Gasteiger partial charge in [-0.3, -0.25) is 4.68 Å². The van der Waals surface area contributed by atoms with Crippen LogP contribution in [0.3, 0.4) is 0 Å². The van der Waals surface area contributed by atoms with Gasteiger partial charge in [-0.2, -0.15) is 5.10 Å². The van der Waals surface area contributed by atoms with E-state index in [1.54, 1.807) is 24.1 Å². The number of rotatable bonds is 4. The first-order valence-electron chi connectivity index (χ1n) is 5.47. The number of carbonyl (C=O) groups excluding carboxylic acids is 1. The minimum atomic E-state index is -1.25. The molecule has 7 nitrogen and oxygen atoms in total. The van der Waals surface area contributed by atoms with Crippen LogP contribution in [0.25, 0.3) is 0 Å². The van der Waals surface area contributed by atoms with E-state index < -0.39 is 17.5 Å². The van der Waals surface area contributed by atoms with Gasteiger partial charge in [-0.15, -0.1) is 0 Å². The van der Waals surface area contributed by atoms with Crippen molar-refractivity contribution in [3.8, 4) is 0 Å². The number of hydrogen-bond acceptors (Lipinski definition) is 3. The Labute approximate surface area is 105 Å².